The van der Waals surface area contributed by atoms with Gasteiger partial charge in [0.15, 0.2) is 11.5 Å². The molecule has 39 heavy (non-hydrogen) atoms. The van der Waals surface area contributed by atoms with Crippen LogP contribution in [0.15, 0.2) is 84.4 Å². The molecule has 0 saturated carbocycles. The van der Waals surface area contributed by atoms with Crippen molar-refractivity contribution >= 4 is 17.4 Å². The van der Waals surface area contributed by atoms with Gasteiger partial charge >= 0.3 is 0 Å². The average Bonchev–Trinajstić information content (AvgIpc) is 3.23. The summed E-state index contributed by atoms with van der Waals surface area (Å²) in [5.74, 6) is -0.422. The molecule has 1 heterocycles. The number of amides is 1. The van der Waals surface area contributed by atoms with Crippen LogP contribution in [0.2, 0.25) is 0 Å². The number of carbonyl (C=O) groups is 2. The Balaban J connectivity index is 1.75. The summed E-state index contributed by atoms with van der Waals surface area (Å²) in [6.07, 6.45) is 0. The minimum Gasteiger partial charge on any atom is -0.507 e. The average molecular weight is 529 g/mol. The molecule has 0 aromatic heterocycles. The second-order valence-electron chi connectivity index (χ2n) is 9.30. The number of hydrogen-bond acceptors (Lipinski definition) is 6. The Labute approximate surface area is 230 Å². The van der Waals surface area contributed by atoms with Gasteiger partial charge in [-0.2, -0.15) is 0 Å². The van der Waals surface area contributed by atoms with Gasteiger partial charge in [-0.25, -0.2) is 0 Å². The number of aliphatic hydroxyl groups excluding tert-OH is 1. The lowest BCUT2D eigenvalue weighted by atomic mass is 9.95. The Morgan fingerprint density at radius 3 is 2.18 bits per heavy atom. The fourth-order valence-corrected chi connectivity index (χ4v) is 4.82. The van der Waals surface area contributed by atoms with Crippen molar-refractivity contribution in [2.75, 3.05) is 32.8 Å². The number of aliphatic hydroxyl groups is 1. The number of ketones is 1. The molecular formula is C32H36N2O5. The molecule has 0 aliphatic carbocycles. The molecule has 4 rings (SSSR count). The lowest BCUT2D eigenvalue weighted by Gasteiger charge is -2.28. The molecule has 1 amide bonds. The number of likely N-dealkylation sites (tertiary alicyclic amines) is 1. The van der Waals surface area contributed by atoms with E-state index in [9.17, 15) is 14.7 Å². The molecule has 1 aliphatic heterocycles. The van der Waals surface area contributed by atoms with Gasteiger partial charge in [0, 0.05) is 18.7 Å². The van der Waals surface area contributed by atoms with Crippen LogP contribution in [-0.2, 0) is 16.2 Å². The Bertz CT molecular complexity index is 1300. The lowest BCUT2D eigenvalue weighted by Crippen LogP contribution is -2.38. The molecule has 3 aromatic carbocycles. The highest BCUT2D eigenvalue weighted by Gasteiger charge is 2.46. The van der Waals surface area contributed by atoms with Gasteiger partial charge in [-0.1, -0.05) is 80.6 Å². The van der Waals surface area contributed by atoms with Gasteiger partial charge in [-0.15, -0.1) is 0 Å². The number of Topliss-reactive ketones (excluding diaryl/α,β-unsaturated/α-hetero) is 1. The highest BCUT2D eigenvalue weighted by molar-refractivity contribution is 6.46. The topological polar surface area (TPSA) is 79.3 Å². The summed E-state index contributed by atoms with van der Waals surface area (Å²) >= 11 is 0. The number of ether oxygens (including phenoxy) is 2. The van der Waals surface area contributed by atoms with Crippen molar-refractivity contribution < 1.29 is 24.2 Å². The van der Waals surface area contributed by atoms with Crippen molar-refractivity contribution in [3.63, 3.8) is 0 Å². The van der Waals surface area contributed by atoms with Gasteiger partial charge in [0.25, 0.3) is 11.7 Å². The van der Waals surface area contributed by atoms with E-state index in [4.69, 9.17) is 9.47 Å². The first kappa shape index (κ1) is 27.9. The molecular weight excluding hydrogens is 492 g/mol. The molecule has 1 unspecified atom stereocenters. The third-order valence-electron chi connectivity index (χ3n) is 6.96. The smallest absolute Gasteiger partial charge is 0.295 e. The van der Waals surface area contributed by atoms with Crippen LogP contribution in [0.5, 0.6) is 11.5 Å². The molecule has 1 saturated heterocycles. The molecule has 1 aliphatic rings. The summed E-state index contributed by atoms with van der Waals surface area (Å²) in [5.41, 5.74) is 2.25. The quantitative estimate of drug-likeness (QED) is 0.192. The van der Waals surface area contributed by atoms with Gasteiger partial charge < -0.3 is 24.4 Å². The predicted molar refractivity (Wildman–Crippen MR) is 152 cm³/mol. The summed E-state index contributed by atoms with van der Waals surface area (Å²) in [7, 11) is 0. The number of benzene rings is 3. The van der Waals surface area contributed by atoms with Crippen LogP contribution in [0.25, 0.3) is 5.76 Å². The molecule has 1 N–H and O–H groups in total. The Morgan fingerprint density at radius 2 is 1.54 bits per heavy atom. The molecule has 0 bridgehead atoms. The van der Waals surface area contributed by atoms with E-state index >= 15 is 0 Å². The molecule has 0 spiro atoms. The van der Waals surface area contributed by atoms with Crippen molar-refractivity contribution in [1.29, 1.82) is 0 Å². The zero-order valence-corrected chi connectivity index (χ0v) is 22.8. The van der Waals surface area contributed by atoms with E-state index in [1.165, 1.54) is 0 Å². The molecule has 3 aromatic rings. The van der Waals surface area contributed by atoms with Gasteiger partial charge in [0.2, 0.25) is 0 Å². The standard InChI is InChI=1S/C32H36N2O5/c1-4-33(5-2)19-20-34-29(28(31(36)32(34)37)30(35)24-15-11-8-12-16-24)25-17-18-26(27(21-25)38-6-3)39-22-23-13-9-7-10-14-23/h7-18,21,29,35H,4-6,19-20,22H2,1-3H3/b30-28+. The van der Waals surface area contributed by atoms with Crippen LogP contribution < -0.4 is 9.47 Å². The van der Waals surface area contributed by atoms with Crippen LogP contribution in [0.1, 0.15) is 43.5 Å². The largest absolute Gasteiger partial charge is 0.507 e. The zero-order valence-electron chi connectivity index (χ0n) is 22.8. The highest BCUT2D eigenvalue weighted by atomic mass is 16.5. The van der Waals surface area contributed by atoms with E-state index in [-0.39, 0.29) is 11.3 Å². The number of carbonyl (C=O) groups excluding carboxylic acids is 2. The van der Waals surface area contributed by atoms with E-state index in [0.29, 0.717) is 48.9 Å². The Morgan fingerprint density at radius 1 is 0.872 bits per heavy atom. The van der Waals surface area contributed by atoms with Crippen LogP contribution in [0.4, 0.5) is 0 Å². The maximum absolute atomic E-state index is 13.4. The van der Waals surface area contributed by atoms with Crippen molar-refractivity contribution in [3.8, 4) is 11.5 Å². The van der Waals surface area contributed by atoms with E-state index in [0.717, 1.165) is 18.7 Å². The Hall–Kier alpha value is -4.10. The summed E-state index contributed by atoms with van der Waals surface area (Å²) < 4.78 is 12.0. The SMILES string of the molecule is CCOc1cc(C2/C(=C(\O)c3ccccc3)C(=O)C(=O)N2CCN(CC)CC)ccc1OCc1ccccc1. The van der Waals surface area contributed by atoms with E-state index in [1.807, 2.05) is 55.5 Å². The monoisotopic (exact) mass is 528 g/mol. The van der Waals surface area contributed by atoms with Gasteiger partial charge in [-0.05, 0) is 43.3 Å². The van der Waals surface area contributed by atoms with Crippen molar-refractivity contribution in [2.45, 2.75) is 33.4 Å². The highest BCUT2D eigenvalue weighted by Crippen LogP contribution is 2.42. The first-order chi connectivity index (χ1) is 19.0. The second kappa shape index (κ2) is 13.1. The number of likely N-dealkylation sites (N-methyl/N-ethyl adjacent to an activating group) is 1. The molecule has 204 valence electrons. The molecule has 1 atom stereocenters. The predicted octanol–water partition coefficient (Wildman–Crippen LogP) is 5.43. The fraction of sp³-hybridized carbons (Fsp3) is 0.312. The van der Waals surface area contributed by atoms with E-state index in [2.05, 4.69) is 18.7 Å². The van der Waals surface area contributed by atoms with Crippen LogP contribution in [-0.4, -0.2) is 59.4 Å². The van der Waals surface area contributed by atoms with Gasteiger partial charge in [0.05, 0.1) is 18.2 Å². The third-order valence-corrected chi connectivity index (χ3v) is 6.96. The van der Waals surface area contributed by atoms with Gasteiger partial charge in [-0.3, -0.25) is 9.59 Å². The summed E-state index contributed by atoms with van der Waals surface area (Å²) in [6.45, 7) is 9.42. The van der Waals surface area contributed by atoms with Gasteiger partial charge in [0.1, 0.15) is 12.4 Å². The van der Waals surface area contributed by atoms with Crippen molar-refractivity contribution in [3.05, 3.63) is 101 Å². The first-order valence-electron chi connectivity index (χ1n) is 13.5. The minimum atomic E-state index is -0.761. The molecule has 1 fully saturated rings. The maximum atomic E-state index is 13.4. The van der Waals surface area contributed by atoms with Crippen LogP contribution >= 0.6 is 0 Å². The van der Waals surface area contributed by atoms with Crippen molar-refractivity contribution in [2.24, 2.45) is 0 Å². The van der Waals surface area contributed by atoms with Crippen molar-refractivity contribution in [1.82, 2.24) is 9.80 Å². The lowest BCUT2D eigenvalue weighted by molar-refractivity contribution is -0.140. The number of hydrogen-bond donors (Lipinski definition) is 1. The number of nitrogens with zero attached hydrogens (tertiary/aromatic N) is 2. The van der Waals surface area contributed by atoms with E-state index < -0.39 is 17.7 Å². The third kappa shape index (κ3) is 6.32. The second-order valence-corrected chi connectivity index (χ2v) is 9.30. The first-order valence-corrected chi connectivity index (χ1v) is 13.5. The van der Waals surface area contributed by atoms with Crippen LogP contribution in [0.3, 0.4) is 0 Å². The summed E-state index contributed by atoms with van der Waals surface area (Å²) in [6, 6.07) is 23.4. The maximum Gasteiger partial charge on any atom is 0.295 e. The van der Waals surface area contributed by atoms with Crippen LogP contribution in [0, 0.1) is 0 Å². The zero-order chi connectivity index (χ0) is 27.8. The molecule has 0 radical (unpaired) electrons. The Kier molecular flexibility index (Phi) is 9.39. The minimum absolute atomic E-state index is 0.0751. The normalized spacial score (nSPS) is 16.6. The number of rotatable bonds is 12. The molecule has 7 nitrogen and oxygen atoms in total. The summed E-state index contributed by atoms with van der Waals surface area (Å²) in [4.78, 5) is 30.4. The summed E-state index contributed by atoms with van der Waals surface area (Å²) in [5, 5.41) is 11.3. The van der Waals surface area contributed by atoms with E-state index in [1.54, 1.807) is 35.2 Å². The molecule has 7 heteroatoms. The fourth-order valence-electron chi connectivity index (χ4n) is 4.82.